The summed E-state index contributed by atoms with van der Waals surface area (Å²) in [6.07, 6.45) is 4.68. The molecule has 0 saturated heterocycles. The van der Waals surface area contributed by atoms with E-state index in [4.69, 9.17) is 15.2 Å². The van der Waals surface area contributed by atoms with E-state index in [1.165, 1.54) is 0 Å². The molecule has 1 aliphatic carbocycles. The quantitative estimate of drug-likeness (QED) is 0.702. The lowest BCUT2D eigenvalue weighted by Gasteiger charge is -2.18. The maximum Gasteiger partial charge on any atom is 0.224 e. The van der Waals surface area contributed by atoms with E-state index in [0.29, 0.717) is 30.5 Å². The standard InChI is InChI=1S/C20H25N3O3.2ClH/c1-25-16-7-3-8-17(11-16)26-20-15(6-4-10-22-20)13-23-19(24)18-9-2-5-14(18)12-21;;/h3-4,6-8,10-11,14,18H,2,5,9,12-13,21H2,1H3,(H,23,24);2*1H/t14-,18-;;/m1../s1. The number of halogens is 2. The molecule has 6 nitrogen and oxygen atoms in total. The third-order valence-corrected chi connectivity index (χ3v) is 4.86. The van der Waals surface area contributed by atoms with Crippen molar-refractivity contribution in [3.8, 4) is 17.4 Å². The minimum absolute atomic E-state index is 0. The van der Waals surface area contributed by atoms with Crippen molar-refractivity contribution < 1.29 is 14.3 Å². The molecule has 3 N–H and O–H groups in total. The number of hydrogen-bond donors (Lipinski definition) is 2. The normalized spacial score (nSPS) is 17.8. The van der Waals surface area contributed by atoms with Gasteiger partial charge in [0, 0.05) is 30.3 Å². The zero-order chi connectivity index (χ0) is 18.4. The fraction of sp³-hybridized carbons (Fsp3) is 0.400. The molecule has 2 atom stereocenters. The summed E-state index contributed by atoms with van der Waals surface area (Å²) in [6.45, 7) is 0.939. The first-order valence-corrected chi connectivity index (χ1v) is 8.95. The Kier molecular flexibility index (Phi) is 10.1. The van der Waals surface area contributed by atoms with Crippen molar-refractivity contribution in [3.63, 3.8) is 0 Å². The summed E-state index contributed by atoms with van der Waals surface area (Å²) in [5.41, 5.74) is 6.61. The van der Waals surface area contributed by atoms with Crippen LogP contribution in [-0.2, 0) is 11.3 Å². The zero-order valence-electron chi connectivity index (χ0n) is 15.8. The number of ether oxygens (including phenoxy) is 2. The average Bonchev–Trinajstić information content (AvgIpc) is 3.16. The highest BCUT2D eigenvalue weighted by atomic mass is 35.5. The van der Waals surface area contributed by atoms with Crippen LogP contribution >= 0.6 is 24.8 Å². The van der Waals surface area contributed by atoms with Gasteiger partial charge < -0.3 is 20.5 Å². The number of nitrogens with one attached hydrogen (secondary N) is 1. The highest BCUT2D eigenvalue weighted by Gasteiger charge is 2.31. The lowest BCUT2D eigenvalue weighted by Crippen LogP contribution is -2.34. The van der Waals surface area contributed by atoms with Gasteiger partial charge in [-0.05, 0) is 43.5 Å². The first-order valence-electron chi connectivity index (χ1n) is 8.95. The Morgan fingerprint density at radius 3 is 2.75 bits per heavy atom. The van der Waals surface area contributed by atoms with E-state index in [9.17, 15) is 4.79 Å². The van der Waals surface area contributed by atoms with Crippen molar-refractivity contribution >= 4 is 30.7 Å². The van der Waals surface area contributed by atoms with Gasteiger partial charge in [0.25, 0.3) is 0 Å². The summed E-state index contributed by atoms with van der Waals surface area (Å²) in [5, 5.41) is 3.01. The van der Waals surface area contributed by atoms with Gasteiger partial charge in [0.2, 0.25) is 11.8 Å². The number of pyridine rings is 1. The van der Waals surface area contributed by atoms with Crippen molar-refractivity contribution in [2.75, 3.05) is 13.7 Å². The van der Waals surface area contributed by atoms with E-state index in [-0.39, 0.29) is 42.6 Å². The molecule has 154 valence electrons. The molecule has 8 heteroatoms. The second-order valence-corrected chi connectivity index (χ2v) is 6.50. The molecule has 1 heterocycles. The predicted molar refractivity (Wildman–Crippen MR) is 114 cm³/mol. The van der Waals surface area contributed by atoms with Crippen LogP contribution in [0.5, 0.6) is 17.4 Å². The maximum absolute atomic E-state index is 12.5. The number of benzene rings is 1. The van der Waals surface area contributed by atoms with E-state index in [0.717, 1.165) is 24.8 Å². The van der Waals surface area contributed by atoms with E-state index in [1.807, 2.05) is 30.3 Å². The molecule has 1 aliphatic rings. The predicted octanol–water partition coefficient (Wildman–Crippen LogP) is 3.72. The summed E-state index contributed by atoms with van der Waals surface area (Å²) < 4.78 is 11.1. The van der Waals surface area contributed by atoms with Gasteiger partial charge in [0.15, 0.2) is 0 Å². The molecule has 2 aromatic rings. The number of methoxy groups -OCH3 is 1. The Morgan fingerprint density at radius 2 is 2.00 bits per heavy atom. The molecule has 1 aromatic carbocycles. The Morgan fingerprint density at radius 1 is 1.21 bits per heavy atom. The molecule has 28 heavy (non-hydrogen) atoms. The molecule has 1 fully saturated rings. The summed E-state index contributed by atoms with van der Waals surface area (Å²) in [5.74, 6) is 2.18. The number of amides is 1. The molecule has 0 radical (unpaired) electrons. The molecule has 1 aromatic heterocycles. The van der Waals surface area contributed by atoms with Crippen LogP contribution in [0.4, 0.5) is 0 Å². The van der Waals surface area contributed by atoms with Crippen LogP contribution in [0, 0.1) is 11.8 Å². The van der Waals surface area contributed by atoms with Gasteiger partial charge in [-0.2, -0.15) is 0 Å². The van der Waals surface area contributed by atoms with E-state index < -0.39 is 0 Å². The van der Waals surface area contributed by atoms with Gasteiger partial charge in [0.05, 0.1) is 7.11 Å². The van der Waals surface area contributed by atoms with Crippen molar-refractivity contribution in [3.05, 3.63) is 48.2 Å². The number of carbonyl (C=O) groups is 1. The van der Waals surface area contributed by atoms with Crippen LogP contribution in [-0.4, -0.2) is 24.5 Å². The van der Waals surface area contributed by atoms with Crippen molar-refractivity contribution in [1.29, 1.82) is 0 Å². The van der Waals surface area contributed by atoms with Crippen molar-refractivity contribution in [1.82, 2.24) is 10.3 Å². The summed E-state index contributed by atoms with van der Waals surface area (Å²) in [4.78, 5) is 16.8. The fourth-order valence-corrected chi connectivity index (χ4v) is 3.40. The van der Waals surface area contributed by atoms with Gasteiger partial charge in [-0.1, -0.05) is 18.6 Å². The van der Waals surface area contributed by atoms with Crippen molar-refractivity contribution in [2.24, 2.45) is 17.6 Å². The maximum atomic E-state index is 12.5. The lowest BCUT2D eigenvalue weighted by atomic mass is 9.95. The third kappa shape index (κ3) is 5.99. The first-order chi connectivity index (χ1) is 12.7. The number of nitrogens with two attached hydrogens (primary N) is 1. The summed E-state index contributed by atoms with van der Waals surface area (Å²) in [6, 6.07) is 11.1. The third-order valence-electron chi connectivity index (χ3n) is 4.86. The van der Waals surface area contributed by atoms with Gasteiger partial charge in [-0.3, -0.25) is 4.79 Å². The number of aromatic nitrogens is 1. The van der Waals surface area contributed by atoms with E-state index >= 15 is 0 Å². The smallest absolute Gasteiger partial charge is 0.224 e. The van der Waals surface area contributed by atoms with Gasteiger partial charge >= 0.3 is 0 Å². The zero-order valence-corrected chi connectivity index (χ0v) is 17.4. The number of nitrogens with zero attached hydrogens (tertiary/aromatic N) is 1. The van der Waals surface area contributed by atoms with Gasteiger partial charge in [0.1, 0.15) is 11.5 Å². The van der Waals surface area contributed by atoms with Crippen LogP contribution in [0.15, 0.2) is 42.6 Å². The second-order valence-electron chi connectivity index (χ2n) is 6.50. The molecule has 1 saturated carbocycles. The van der Waals surface area contributed by atoms with Gasteiger partial charge in [-0.25, -0.2) is 4.98 Å². The second kappa shape index (κ2) is 11.7. The molecule has 1 amide bonds. The average molecular weight is 428 g/mol. The summed E-state index contributed by atoms with van der Waals surface area (Å²) >= 11 is 0. The molecular formula is C20H27Cl2N3O3. The molecular weight excluding hydrogens is 401 g/mol. The molecule has 3 rings (SSSR count). The lowest BCUT2D eigenvalue weighted by molar-refractivity contribution is -0.126. The minimum Gasteiger partial charge on any atom is -0.497 e. The van der Waals surface area contributed by atoms with Gasteiger partial charge in [-0.15, -0.1) is 24.8 Å². The van der Waals surface area contributed by atoms with Crippen LogP contribution in [0.3, 0.4) is 0 Å². The first kappa shape index (κ1) is 24.0. The molecule has 0 spiro atoms. The number of carbonyl (C=O) groups excluding carboxylic acids is 1. The van der Waals surface area contributed by atoms with Crippen LogP contribution in [0.25, 0.3) is 0 Å². The Balaban J connectivity index is 0.00000196. The summed E-state index contributed by atoms with van der Waals surface area (Å²) in [7, 11) is 1.61. The SMILES string of the molecule is COc1cccc(Oc2ncccc2CNC(=O)[C@@H]2CCC[C@@H]2CN)c1.Cl.Cl. The van der Waals surface area contributed by atoms with Crippen LogP contribution < -0.4 is 20.5 Å². The Hall–Kier alpha value is -2.02. The van der Waals surface area contributed by atoms with Crippen molar-refractivity contribution in [2.45, 2.75) is 25.8 Å². The monoisotopic (exact) mass is 427 g/mol. The molecule has 0 bridgehead atoms. The minimum atomic E-state index is 0. The number of hydrogen-bond acceptors (Lipinski definition) is 5. The van der Waals surface area contributed by atoms with Crippen LogP contribution in [0.2, 0.25) is 0 Å². The largest absolute Gasteiger partial charge is 0.497 e. The Bertz CT molecular complexity index is 761. The van der Waals surface area contributed by atoms with E-state index in [1.54, 1.807) is 19.4 Å². The van der Waals surface area contributed by atoms with Crippen LogP contribution in [0.1, 0.15) is 24.8 Å². The fourth-order valence-electron chi connectivity index (χ4n) is 3.40. The Labute approximate surface area is 178 Å². The topological polar surface area (TPSA) is 86.5 Å². The molecule has 0 aliphatic heterocycles. The highest BCUT2D eigenvalue weighted by molar-refractivity contribution is 5.85. The number of rotatable bonds is 7. The van der Waals surface area contributed by atoms with E-state index in [2.05, 4.69) is 10.3 Å². The highest BCUT2D eigenvalue weighted by Crippen LogP contribution is 2.31. The molecule has 0 unspecified atom stereocenters.